The summed E-state index contributed by atoms with van der Waals surface area (Å²) in [6, 6.07) is 8.46. The molecule has 0 saturated heterocycles. The Labute approximate surface area is 144 Å². The third-order valence-corrected chi connectivity index (χ3v) is 4.04. The fourth-order valence-electron chi connectivity index (χ4n) is 2.65. The second kappa shape index (κ2) is 9.24. The van der Waals surface area contributed by atoms with Crippen LogP contribution in [0.25, 0.3) is 11.6 Å². The Morgan fingerprint density at radius 1 is 1.33 bits per heavy atom. The minimum atomic E-state index is -0.362. The number of rotatable bonds is 8. The highest BCUT2D eigenvalue weighted by atomic mass is 16.6. The fourth-order valence-corrected chi connectivity index (χ4v) is 2.65. The Balaban J connectivity index is 1.84. The molecule has 3 nitrogen and oxygen atoms in total. The van der Waals surface area contributed by atoms with Gasteiger partial charge in [0.2, 0.25) is 0 Å². The number of hydrogen-bond acceptors (Lipinski definition) is 3. The molecule has 0 fully saturated rings. The molecule has 0 radical (unpaired) electrons. The molecule has 24 heavy (non-hydrogen) atoms. The van der Waals surface area contributed by atoms with Gasteiger partial charge in [-0.2, -0.15) is 0 Å². The lowest BCUT2D eigenvalue weighted by molar-refractivity contribution is -0.141. The summed E-state index contributed by atoms with van der Waals surface area (Å²) >= 11 is 0. The van der Waals surface area contributed by atoms with Gasteiger partial charge in [0.05, 0.1) is 12.7 Å². The first kappa shape index (κ1) is 18.2. The predicted molar refractivity (Wildman–Crippen MR) is 98.5 cm³/mol. The Morgan fingerprint density at radius 2 is 2.12 bits per heavy atom. The van der Waals surface area contributed by atoms with Gasteiger partial charge in [0, 0.05) is 5.57 Å². The molecule has 1 aliphatic rings. The van der Waals surface area contributed by atoms with Crippen molar-refractivity contribution in [2.45, 2.75) is 39.2 Å². The second-order valence-electron chi connectivity index (χ2n) is 5.98. The molecular weight excluding hydrogens is 300 g/mol. The molecule has 128 valence electrons. The summed E-state index contributed by atoms with van der Waals surface area (Å²) in [6.45, 7) is 7.99. The summed E-state index contributed by atoms with van der Waals surface area (Å²) in [5.41, 5.74) is 4.35. The number of carbonyl (C=O) groups is 1. The van der Waals surface area contributed by atoms with Gasteiger partial charge in [0.25, 0.3) is 0 Å². The summed E-state index contributed by atoms with van der Waals surface area (Å²) in [5, 5.41) is 0. The van der Waals surface area contributed by atoms with Gasteiger partial charge in [-0.3, -0.25) is 0 Å². The summed E-state index contributed by atoms with van der Waals surface area (Å²) in [4.78, 5) is 11.3. The van der Waals surface area contributed by atoms with Gasteiger partial charge in [-0.05, 0) is 42.9 Å². The van der Waals surface area contributed by atoms with Crippen LogP contribution in [0.5, 0.6) is 0 Å². The molecule has 1 unspecified atom stereocenters. The molecule has 3 heteroatoms. The van der Waals surface area contributed by atoms with E-state index in [1.54, 1.807) is 6.92 Å². The average Bonchev–Trinajstić information content (AvgIpc) is 2.60. The van der Waals surface area contributed by atoms with E-state index in [0.717, 1.165) is 19.3 Å². The standard InChI is InChI=1S/C21H26O3/c1-4-19(23-14-15-24-21(22)16(2)3)13-12-18-10-7-9-17-8-5-6-11-20(17)18/h5-9,11-12,19H,2,4,10,13-15H2,1,3H3/b18-12+. The molecule has 0 spiro atoms. The molecule has 1 aromatic carbocycles. The van der Waals surface area contributed by atoms with Crippen LogP contribution in [-0.2, 0) is 14.3 Å². The molecule has 1 atom stereocenters. The molecule has 2 rings (SSSR count). The van der Waals surface area contributed by atoms with Crippen molar-refractivity contribution in [3.05, 3.63) is 59.7 Å². The maximum absolute atomic E-state index is 11.3. The van der Waals surface area contributed by atoms with E-state index < -0.39 is 0 Å². The van der Waals surface area contributed by atoms with Crippen LogP contribution in [0.4, 0.5) is 0 Å². The van der Waals surface area contributed by atoms with Crippen molar-refractivity contribution in [2.75, 3.05) is 13.2 Å². The Morgan fingerprint density at radius 3 is 2.88 bits per heavy atom. The van der Waals surface area contributed by atoms with E-state index in [-0.39, 0.29) is 18.7 Å². The zero-order chi connectivity index (χ0) is 17.4. The first-order valence-electron chi connectivity index (χ1n) is 8.51. The van der Waals surface area contributed by atoms with Gasteiger partial charge in [0.1, 0.15) is 6.61 Å². The molecule has 0 amide bonds. The number of benzene rings is 1. The number of ether oxygens (including phenoxy) is 2. The molecule has 0 saturated carbocycles. The van der Waals surface area contributed by atoms with Crippen LogP contribution < -0.4 is 0 Å². The van der Waals surface area contributed by atoms with E-state index in [1.165, 1.54) is 16.7 Å². The van der Waals surface area contributed by atoms with Crippen molar-refractivity contribution in [1.29, 1.82) is 0 Å². The van der Waals surface area contributed by atoms with E-state index in [1.807, 2.05) is 0 Å². The largest absolute Gasteiger partial charge is 0.460 e. The Kier molecular flexibility index (Phi) is 7.01. The average molecular weight is 326 g/mol. The minimum absolute atomic E-state index is 0.138. The van der Waals surface area contributed by atoms with Crippen LogP contribution in [0.15, 0.2) is 48.6 Å². The highest BCUT2D eigenvalue weighted by Crippen LogP contribution is 2.29. The van der Waals surface area contributed by atoms with E-state index in [9.17, 15) is 4.79 Å². The van der Waals surface area contributed by atoms with Gasteiger partial charge >= 0.3 is 5.97 Å². The van der Waals surface area contributed by atoms with E-state index >= 15 is 0 Å². The van der Waals surface area contributed by atoms with Crippen molar-refractivity contribution in [1.82, 2.24) is 0 Å². The number of hydrogen-bond donors (Lipinski definition) is 0. The van der Waals surface area contributed by atoms with Crippen LogP contribution in [-0.4, -0.2) is 25.3 Å². The topological polar surface area (TPSA) is 35.5 Å². The van der Waals surface area contributed by atoms with Crippen molar-refractivity contribution < 1.29 is 14.3 Å². The summed E-state index contributed by atoms with van der Waals surface area (Å²) < 4.78 is 10.9. The highest BCUT2D eigenvalue weighted by Gasteiger charge is 2.11. The molecular formula is C21H26O3. The fraction of sp³-hybridized carbons (Fsp3) is 0.381. The molecule has 1 aromatic rings. The number of allylic oxidation sites excluding steroid dienone is 2. The summed E-state index contributed by atoms with van der Waals surface area (Å²) in [7, 11) is 0. The second-order valence-corrected chi connectivity index (χ2v) is 5.98. The third-order valence-electron chi connectivity index (χ3n) is 4.04. The number of fused-ring (bicyclic) bond motifs is 1. The van der Waals surface area contributed by atoms with Crippen molar-refractivity contribution in [3.63, 3.8) is 0 Å². The lowest BCUT2D eigenvalue weighted by Gasteiger charge is -2.17. The number of carbonyl (C=O) groups excluding carboxylic acids is 1. The van der Waals surface area contributed by atoms with Crippen LogP contribution in [0.3, 0.4) is 0 Å². The third kappa shape index (κ3) is 5.20. The smallest absolute Gasteiger partial charge is 0.333 e. The predicted octanol–water partition coefficient (Wildman–Crippen LogP) is 4.79. The van der Waals surface area contributed by atoms with Crippen LogP contribution in [0, 0.1) is 0 Å². The van der Waals surface area contributed by atoms with Crippen molar-refractivity contribution >= 4 is 17.6 Å². The van der Waals surface area contributed by atoms with Gasteiger partial charge < -0.3 is 9.47 Å². The lowest BCUT2D eigenvalue weighted by Crippen LogP contribution is -2.17. The summed E-state index contributed by atoms with van der Waals surface area (Å²) in [6.07, 6.45) is 9.54. The highest BCUT2D eigenvalue weighted by molar-refractivity contribution is 5.86. The van der Waals surface area contributed by atoms with E-state index in [4.69, 9.17) is 9.47 Å². The first-order valence-corrected chi connectivity index (χ1v) is 8.51. The normalized spacial score (nSPS) is 15.8. The maximum atomic E-state index is 11.3. The minimum Gasteiger partial charge on any atom is -0.460 e. The SMILES string of the molecule is C=C(C)C(=O)OCCOC(CC)C/C=C1\CC=Cc2ccccc21. The van der Waals surface area contributed by atoms with Crippen LogP contribution in [0.1, 0.15) is 44.2 Å². The van der Waals surface area contributed by atoms with Crippen molar-refractivity contribution in [3.8, 4) is 0 Å². The van der Waals surface area contributed by atoms with Gasteiger partial charge in [-0.15, -0.1) is 0 Å². The van der Waals surface area contributed by atoms with E-state index in [0.29, 0.717) is 12.2 Å². The number of esters is 1. The molecule has 0 bridgehead atoms. The van der Waals surface area contributed by atoms with Crippen LogP contribution >= 0.6 is 0 Å². The first-order chi connectivity index (χ1) is 11.6. The lowest BCUT2D eigenvalue weighted by atomic mass is 9.91. The van der Waals surface area contributed by atoms with Crippen LogP contribution in [0.2, 0.25) is 0 Å². The van der Waals surface area contributed by atoms with Gasteiger partial charge in [-0.1, -0.05) is 56.0 Å². The molecule has 0 aromatic heterocycles. The van der Waals surface area contributed by atoms with E-state index in [2.05, 4.69) is 56.0 Å². The summed E-state index contributed by atoms with van der Waals surface area (Å²) in [5.74, 6) is -0.362. The molecule has 0 aliphatic heterocycles. The maximum Gasteiger partial charge on any atom is 0.333 e. The van der Waals surface area contributed by atoms with Gasteiger partial charge in [0.15, 0.2) is 0 Å². The van der Waals surface area contributed by atoms with Crippen molar-refractivity contribution in [2.24, 2.45) is 0 Å². The zero-order valence-corrected chi connectivity index (χ0v) is 14.6. The zero-order valence-electron chi connectivity index (χ0n) is 14.6. The Hall–Kier alpha value is -2.13. The molecule has 0 heterocycles. The molecule has 0 N–H and O–H groups in total. The Bertz CT molecular complexity index is 640. The monoisotopic (exact) mass is 326 g/mol. The quantitative estimate of drug-likeness (QED) is 0.391. The van der Waals surface area contributed by atoms with Gasteiger partial charge in [-0.25, -0.2) is 4.79 Å². The molecule has 1 aliphatic carbocycles.